The number of methoxy groups -OCH3 is 1. The third-order valence-corrected chi connectivity index (χ3v) is 6.87. The molecule has 1 aromatic heterocycles. The number of nitrogens with zero attached hydrogens (tertiary/aromatic N) is 2. The van der Waals surface area contributed by atoms with Crippen molar-refractivity contribution in [2.45, 2.75) is 25.8 Å². The van der Waals surface area contributed by atoms with Gasteiger partial charge in [0.15, 0.2) is 0 Å². The quantitative estimate of drug-likeness (QED) is 0.296. The number of imide groups is 1. The van der Waals surface area contributed by atoms with Gasteiger partial charge in [0, 0.05) is 29.2 Å². The lowest BCUT2D eigenvalue weighted by molar-refractivity contribution is -0.122. The summed E-state index contributed by atoms with van der Waals surface area (Å²) in [7, 11) is 1.28. The van der Waals surface area contributed by atoms with E-state index in [0.29, 0.717) is 23.2 Å². The van der Waals surface area contributed by atoms with Gasteiger partial charge in [-0.05, 0) is 61.4 Å². The largest absolute Gasteiger partial charge is 0.465 e. The second-order valence-electron chi connectivity index (χ2n) is 9.30. The molecule has 1 saturated heterocycles. The van der Waals surface area contributed by atoms with E-state index in [9.17, 15) is 19.2 Å². The second-order valence-corrected chi connectivity index (χ2v) is 9.30. The molecular formula is C30H27N3O5. The number of fused-ring (bicyclic) bond motifs is 1. The predicted octanol–water partition coefficient (Wildman–Crippen LogP) is 4.28. The number of carbonyl (C=O) groups is 4. The maximum absolute atomic E-state index is 13.7. The summed E-state index contributed by atoms with van der Waals surface area (Å²) < 4.78 is 4.72. The lowest BCUT2D eigenvalue weighted by Crippen LogP contribution is -2.46. The topological polar surface area (TPSA) is 99.8 Å². The first-order chi connectivity index (χ1) is 18.4. The van der Waals surface area contributed by atoms with Gasteiger partial charge in [0.25, 0.3) is 11.8 Å². The molecule has 5 rings (SSSR count). The molecule has 4 aromatic rings. The van der Waals surface area contributed by atoms with E-state index in [-0.39, 0.29) is 18.9 Å². The first-order valence-corrected chi connectivity index (χ1v) is 12.3. The summed E-state index contributed by atoms with van der Waals surface area (Å²) in [6, 6.07) is 20.2. The fourth-order valence-electron chi connectivity index (χ4n) is 4.92. The van der Waals surface area contributed by atoms with Gasteiger partial charge < -0.3 is 14.6 Å². The number of esters is 1. The molecule has 3 amide bonds. The Balaban J connectivity index is 1.44. The normalized spacial score (nSPS) is 15.2. The Morgan fingerprint density at radius 3 is 2.50 bits per heavy atom. The highest BCUT2D eigenvalue weighted by Crippen LogP contribution is 2.28. The van der Waals surface area contributed by atoms with Crippen molar-refractivity contribution in [2.24, 2.45) is 0 Å². The van der Waals surface area contributed by atoms with Gasteiger partial charge >= 0.3 is 5.97 Å². The van der Waals surface area contributed by atoms with Crippen molar-refractivity contribution in [1.29, 1.82) is 0 Å². The molecule has 8 heteroatoms. The maximum atomic E-state index is 13.7. The molecule has 8 nitrogen and oxygen atoms in total. The third kappa shape index (κ3) is 4.68. The molecule has 1 unspecified atom stereocenters. The minimum absolute atomic E-state index is 0.122. The summed E-state index contributed by atoms with van der Waals surface area (Å²) in [5.74, 6) is -1.69. The molecule has 1 N–H and O–H groups in total. The second kappa shape index (κ2) is 10.3. The van der Waals surface area contributed by atoms with Crippen molar-refractivity contribution in [2.75, 3.05) is 18.6 Å². The summed E-state index contributed by atoms with van der Waals surface area (Å²) in [6.07, 6.45) is 2.30. The van der Waals surface area contributed by atoms with Crippen LogP contribution >= 0.6 is 0 Å². The number of hydrogen-bond acceptors (Lipinski definition) is 5. The van der Waals surface area contributed by atoms with Gasteiger partial charge in [-0.3, -0.25) is 14.4 Å². The molecular weight excluding hydrogens is 482 g/mol. The van der Waals surface area contributed by atoms with Crippen molar-refractivity contribution in [3.63, 3.8) is 0 Å². The number of anilines is 1. The monoisotopic (exact) mass is 509 g/mol. The molecule has 0 bridgehead atoms. The summed E-state index contributed by atoms with van der Waals surface area (Å²) in [4.78, 5) is 58.1. The average Bonchev–Trinajstić information content (AvgIpc) is 3.48. The van der Waals surface area contributed by atoms with Gasteiger partial charge in [-0.1, -0.05) is 35.9 Å². The molecule has 38 heavy (non-hydrogen) atoms. The van der Waals surface area contributed by atoms with E-state index in [4.69, 9.17) is 4.74 Å². The Bertz CT molecular complexity index is 1540. The van der Waals surface area contributed by atoms with Crippen LogP contribution in [0.5, 0.6) is 0 Å². The van der Waals surface area contributed by atoms with Crippen LogP contribution in [0.3, 0.4) is 0 Å². The van der Waals surface area contributed by atoms with Crippen LogP contribution in [0.1, 0.15) is 38.3 Å². The number of aryl methyl sites for hydroxylation is 1. The van der Waals surface area contributed by atoms with E-state index in [0.717, 1.165) is 26.9 Å². The van der Waals surface area contributed by atoms with Crippen LogP contribution < -0.4 is 4.90 Å². The number of H-pyrrole nitrogens is 1. The fraction of sp³-hybridized carbons (Fsp3) is 0.200. The van der Waals surface area contributed by atoms with Gasteiger partial charge in [0.05, 0.1) is 24.8 Å². The standard InChI is InChI=1S/C30H27N3O5/c1-19-6-5-7-21(16-19)28(35)32(15-14-22-18-31-25-9-4-3-8-24(22)25)26-17-27(34)33(29(26)36)23-12-10-20(11-13-23)30(37)38-2/h3-13,16,18,26,31H,14-15,17H2,1-2H3. The Morgan fingerprint density at radius 2 is 1.76 bits per heavy atom. The first kappa shape index (κ1) is 25.0. The SMILES string of the molecule is COC(=O)c1ccc(N2C(=O)CC(N(CCc3c[nH]c4ccccc34)C(=O)c3cccc(C)c3)C2=O)cc1. The van der Waals surface area contributed by atoms with Crippen LogP contribution in [-0.4, -0.2) is 53.3 Å². The number of aromatic nitrogens is 1. The molecule has 1 aliphatic heterocycles. The van der Waals surface area contributed by atoms with Gasteiger partial charge in [0.2, 0.25) is 5.91 Å². The van der Waals surface area contributed by atoms with Crippen LogP contribution in [0.2, 0.25) is 0 Å². The van der Waals surface area contributed by atoms with E-state index in [1.165, 1.54) is 36.3 Å². The number of rotatable bonds is 7. The Kier molecular flexibility index (Phi) is 6.79. The number of hydrogen-bond donors (Lipinski definition) is 1. The Hall–Kier alpha value is -4.72. The molecule has 192 valence electrons. The Morgan fingerprint density at radius 1 is 1.00 bits per heavy atom. The van der Waals surface area contributed by atoms with Crippen LogP contribution in [0, 0.1) is 6.92 Å². The van der Waals surface area contributed by atoms with Gasteiger partial charge in [-0.2, -0.15) is 0 Å². The fourth-order valence-corrected chi connectivity index (χ4v) is 4.92. The number of carbonyl (C=O) groups excluding carboxylic acids is 4. The van der Waals surface area contributed by atoms with Crippen molar-refractivity contribution in [3.05, 3.63) is 101 Å². The van der Waals surface area contributed by atoms with E-state index in [1.807, 2.05) is 43.5 Å². The summed E-state index contributed by atoms with van der Waals surface area (Å²) in [6.45, 7) is 2.16. The molecule has 0 saturated carbocycles. The van der Waals surface area contributed by atoms with Gasteiger partial charge in [-0.25, -0.2) is 9.69 Å². The average molecular weight is 510 g/mol. The van der Waals surface area contributed by atoms with E-state index < -0.39 is 23.8 Å². The lowest BCUT2D eigenvalue weighted by Gasteiger charge is -2.28. The molecule has 0 radical (unpaired) electrons. The third-order valence-electron chi connectivity index (χ3n) is 6.87. The highest BCUT2D eigenvalue weighted by Gasteiger charge is 2.44. The summed E-state index contributed by atoms with van der Waals surface area (Å²) >= 11 is 0. The molecule has 0 spiro atoms. The number of para-hydroxylation sites is 1. The van der Waals surface area contributed by atoms with Gasteiger partial charge in [0.1, 0.15) is 6.04 Å². The predicted molar refractivity (Wildman–Crippen MR) is 143 cm³/mol. The number of benzene rings is 3. The smallest absolute Gasteiger partial charge is 0.337 e. The van der Waals surface area contributed by atoms with Crippen molar-refractivity contribution in [3.8, 4) is 0 Å². The van der Waals surface area contributed by atoms with E-state index in [2.05, 4.69) is 4.98 Å². The lowest BCUT2D eigenvalue weighted by atomic mass is 10.1. The minimum Gasteiger partial charge on any atom is -0.465 e. The molecule has 1 aliphatic rings. The van der Waals surface area contributed by atoms with Crippen LogP contribution in [-0.2, 0) is 20.7 Å². The highest BCUT2D eigenvalue weighted by atomic mass is 16.5. The van der Waals surface area contributed by atoms with Crippen LogP contribution in [0.4, 0.5) is 5.69 Å². The van der Waals surface area contributed by atoms with Gasteiger partial charge in [-0.15, -0.1) is 0 Å². The number of ether oxygens (including phenoxy) is 1. The zero-order chi connectivity index (χ0) is 26.8. The maximum Gasteiger partial charge on any atom is 0.337 e. The van der Waals surface area contributed by atoms with Crippen molar-refractivity contribution in [1.82, 2.24) is 9.88 Å². The summed E-state index contributed by atoms with van der Waals surface area (Å²) in [5, 5.41) is 1.05. The molecule has 1 atom stereocenters. The van der Waals surface area contributed by atoms with Crippen LogP contribution in [0.15, 0.2) is 79.0 Å². The number of aromatic amines is 1. The molecule has 0 aliphatic carbocycles. The highest BCUT2D eigenvalue weighted by molar-refractivity contribution is 6.23. The number of nitrogens with one attached hydrogen (secondary N) is 1. The molecule has 2 heterocycles. The summed E-state index contributed by atoms with van der Waals surface area (Å²) in [5.41, 5.74) is 4.05. The van der Waals surface area contributed by atoms with E-state index in [1.54, 1.807) is 18.2 Å². The minimum atomic E-state index is -0.944. The Labute approximate surface area is 219 Å². The molecule has 3 aromatic carbocycles. The van der Waals surface area contributed by atoms with Crippen LogP contribution in [0.25, 0.3) is 10.9 Å². The molecule has 1 fully saturated rings. The van der Waals surface area contributed by atoms with Crippen molar-refractivity contribution >= 4 is 40.3 Å². The first-order valence-electron chi connectivity index (χ1n) is 12.3. The number of amides is 3. The van der Waals surface area contributed by atoms with Crippen molar-refractivity contribution < 1.29 is 23.9 Å². The zero-order valence-electron chi connectivity index (χ0n) is 21.1. The zero-order valence-corrected chi connectivity index (χ0v) is 21.1. The van der Waals surface area contributed by atoms with E-state index >= 15 is 0 Å².